The third-order valence-electron chi connectivity index (χ3n) is 5.27. The molecule has 162 valence electrons. The molecule has 2 aromatic heterocycles. The quantitative estimate of drug-likeness (QED) is 0.446. The highest BCUT2D eigenvalue weighted by Crippen LogP contribution is 2.25. The van der Waals surface area contributed by atoms with E-state index in [1.807, 2.05) is 31.4 Å². The van der Waals surface area contributed by atoms with E-state index in [1.165, 1.54) is 17.3 Å². The van der Waals surface area contributed by atoms with Crippen molar-refractivity contribution in [1.29, 1.82) is 0 Å². The van der Waals surface area contributed by atoms with Gasteiger partial charge in [0.25, 0.3) is 5.91 Å². The average molecular weight is 439 g/mol. The summed E-state index contributed by atoms with van der Waals surface area (Å²) in [7, 11) is 0. The minimum Gasteiger partial charge on any atom is -0.461 e. The van der Waals surface area contributed by atoms with Crippen molar-refractivity contribution in [3.8, 4) is 11.6 Å². The van der Waals surface area contributed by atoms with Crippen molar-refractivity contribution in [2.24, 2.45) is 0 Å². The summed E-state index contributed by atoms with van der Waals surface area (Å²) >= 11 is 1.43. The average Bonchev–Trinajstić information content (AvgIpc) is 3.33. The molecule has 4 rings (SSSR count). The van der Waals surface area contributed by atoms with E-state index >= 15 is 0 Å². The first-order valence-corrected chi connectivity index (χ1v) is 11.5. The van der Waals surface area contributed by atoms with Gasteiger partial charge in [0.1, 0.15) is 5.03 Å². The Morgan fingerprint density at radius 3 is 2.61 bits per heavy atom. The van der Waals surface area contributed by atoms with Gasteiger partial charge in [0.15, 0.2) is 11.6 Å². The van der Waals surface area contributed by atoms with E-state index in [4.69, 9.17) is 9.15 Å². The van der Waals surface area contributed by atoms with E-state index in [0.29, 0.717) is 34.4 Å². The standard InChI is InChI=1S/C23H26N4O3S/c1-16-20(23(31-2)26-21(25-16)19-8-5-11-30-19)22(28)24-14-17-6-3-4-7-18(17)15-27-9-12-29-13-10-27/h3-8,11H,9-10,12-15H2,1-2H3,(H,24,28). The Kier molecular flexibility index (Phi) is 7.01. The third-order valence-corrected chi connectivity index (χ3v) is 5.96. The van der Waals surface area contributed by atoms with Crippen LogP contribution in [0.4, 0.5) is 0 Å². The molecule has 0 saturated carbocycles. The van der Waals surface area contributed by atoms with E-state index in [2.05, 4.69) is 32.3 Å². The fraction of sp³-hybridized carbons (Fsp3) is 0.348. The molecule has 1 amide bonds. The number of nitrogens with one attached hydrogen (secondary N) is 1. The number of nitrogens with zero attached hydrogens (tertiary/aromatic N) is 3. The summed E-state index contributed by atoms with van der Waals surface area (Å²) in [4.78, 5) is 24.5. The highest BCUT2D eigenvalue weighted by atomic mass is 32.2. The first-order valence-electron chi connectivity index (χ1n) is 10.3. The van der Waals surface area contributed by atoms with E-state index in [9.17, 15) is 4.79 Å². The largest absolute Gasteiger partial charge is 0.461 e. The van der Waals surface area contributed by atoms with Crippen LogP contribution in [0.2, 0.25) is 0 Å². The van der Waals surface area contributed by atoms with Crippen molar-refractivity contribution < 1.29 is 13.9 Å². The van der Waals surface area contributed by atoms with Crippen LogP contribution in [0.1, 0.15) is 27.2 Å². The topological polar surface area (TPSA) is 80.5 Å². The number of hydrogen-bond donors (Lipinski definition) is 1. The van der Waals surface area contributed by atoms with Gasteiger partial charge >= 0.3 is 0 Å². The number of aryl methyl sites for hydroxylation is 1. The second-order valence-electron chi connectivity index (χ2n) is 7.33. The number of carbonyl (C=O) groups is 1. The van der Waals surface area contributed by atoms with Gasteiger partial charge in [0.05, 0.1) is 30.7 Å². The molecule has 7 nitrogen and oxygen atoms in total. The van der Waals surface area contributed by atoms with Gasteiger partial charge in [0, 0.05) is 26.2 Å². The van der Waals surface area contributed by atoms with Crippen LogP contribution in [0, 0.1) is 6.92 Å². The van der Waals surface area contributed by atoms with Crippen molar-refractivity contribution in [3.63, 3.8) is 0 Å². The van der Waals surface area contributed by atoms with Gasteiger partial charge in [-0.15, -0.1) is 11.8 Å². The van der Waals surface area contributed by atoms with Crippen LogP contribution in [0.15, 0.2) is 52.1 Å². The van der Waals surface area contributed by atoms with Gasteiger partial charge in [-0.1, -0.05) is 24.3 Å². The van der Waals surface area contributed by atoms with Gasteiger partial charge < -0.3 is 14.5 Å². The number of morpholine rings is 1. The lowest BCUT2D eigenvalue weighted by Crippen LogP contribution is -2.36. The van der Waals surface area contributed by atoms with Crippen LogP contribution in [0.5, 0.6) is 0 Å². The summed E-state index contributed by atoms with van der Waals surface area (Å²) < 4.78 is 10.9. The predicted molar refractivity (Wildman–Crippen MR) is 120 cm³/mol. The predicted octanol–water partition coefficient (Wildman–Crippen LogP) is 3.53. The lowest BCUT2D eigenvalue weighted by atomic mass is 10.1. The molecule has 0 spiro atoms. The molecule has 1 fully saturated rings. The number of thioether (sulfide) groups is 1. The smallest absolute Gasteiger partial charge is 0.256 e. The number of rotatable bonds is 7. The summed E-state index contributed by atoms with van der Waals surface area (Å²) in [5.41, 5.74) is 3.47. The molecule has 8 heteroatoms. The summed E-state index contributed by atoms with van der Waals surface area (Å²) in [5, 5.41) is 3.70. The van der Waals surface area contributed by atoms with E-state index in [-0.39, 0.29) is 5.91 Å². The number of carbonyl (C=O) groups excluding carboxylic acids is 1. The Labute approximate surface area is 186 Å². The SMILES string of the molecule is CSc1nc(-c2ccco2)nc(C)c1C(=O)NCc1ccccc1CN1CCOCC1. The van der Waals surface area contributed by atoms with Gasteiger partial charge in [-0.3, -0.25) is 9.69 Å². The number of aromatic nitrogens is 2. The van der Waals surface area contributed by atoms with E-state index in [0.717, 1.165) is 38.4 Å². The maximum absolute atomic E-state index is 13.1. The minimum atomic E-state index is -0.172. The first-order chi connectivity index (χ1) is 15.2. The molecule has 0 atom stereocenters. The minimum absolute atomic E-state index is 0.172. The molecule has 0 unspecified atom stereocenters. The monoisotopic (exact) mass is 438 g/mol. The van der Waals surface area contributed by atoms with Gasteiger partial charge in [-0.25, -0.2) is 9.97 Å². The van der Waals surface area contributed by atoms with Crippen LogP contribution < -0.4 is 5.32 Å². The second-order valence-corrected chi connectivity index (χ2v) is 8.13. The molecular formula is C23H26N4O3S. The van der Waals surface area contributed by atoms with E-state index in [1.54, 1.807) is 12.3 Å². The lowest BCUT2D eigenvalue weighted by molar-refractivity contribution is 0.0340. The normalized spacial score (nSPS) is 14.5. The molecular weight excluding hydrogens is 412 g/mol. The molecule has 0 aliphatic carbocycles. The Morgan fingerprint density at radius 1 is 1.13 bits per heavy atom. The summed E-state index contributed by atoms with van der Waals surface area (Å²) in [6, 6.07) is 11.8. The number of furan rings is 1. The lowest BCUT2D eigenvalue weighted by Gasteiger charge is -2.27. The molecule has 0 radical (unpaired) electrons. The van der Waals surface area contributed by atoms with Crippen molar-refractivity contribution >= 4 is 17.7 Å². The molecule has 3 heterocycles. The molecule has 1 saturated heterocycles. The first kappa shape index (κ1) is 21.5. The Balaban J connectivity index is 1.49. The fourth-order valence-corrected chi connectivity index (χ4v) is 4.24. The number of hydrogen-bond acceptors (Lipinski definition) is 7. The Bertz CT molecular complexity index is 1030. The molecule has 31 heavy (non-hydrogen) atoms. The molecule has 0 bridgehead atoms. The summed E-state index contributed by atoms with van der Waals surface area (Å²) in [5.74, 6) is 0.899. The highest BCUT2D eigenvalue weighted by molar-refractivity contribution is 7.98. The third kappa shape index (κ3) is 5.15. The second kappa shape index (κ2) is 10.1. The fourth-order valence-electron chi connectivity index (χ4n) is 3.62. The van der Waals surface area contributed by atoms with Crippen molar-refractivity contribution in [3.05, 3.63) is 65.0 Å². The zero-order valence-electron chi connectivity index (χ0n) is 17.8. The molecule has 1 aliphatic heterocycles. The summed E-state index contributed by atoms with van der Waals surface area (Å²) in [6.07, 6.45) is 3.49. The van der Waals surface area contributed by atoms with Crippen LogP contribution in [0.25, 0.3) is 11.6 Å². The van der Waals surface area contributed by atoms with Crippen LogP contribution in [-0.2, 0) is 17.8 Å². The van der Waals surface area contributed by atoms with Crippen molar-refractivity contribution in [1.82, 2.24) is 20.2 Å². The number of ether oxygens (including phenoxy) is 1. The molecule has 1 aliphatic rings. The van der Waals surface area contributed by atoms with Gasteiger partial charge in [-0.05, 0) is 36.4 Å². The van der Waals surface area contributed by atoms with Crippen LogP contribution >= 0.6 is 11.8 Å². The Morgan fingerprint density at radius 2 is 1.90 bits per heavy atom. The zero-order chi connectivity index (χ0) is 21.6. The number of benzene rings is 1. The molecule has 3 aromatic rings. The van der Waals surface area contributed by atoms with E-state index < -0.39 is 0 Å². The van der Waals surface area contributed by atoms with Crippen molar-refractivity contribution in [2.45, 2.75) is 25.0 Å². The van der Waals surface area contributed by atoms with Gasteiger partial charge in [0.2, 0.25) is 0 Å². The number of amides is 1. The van der Waals surface area contributed by atoms with Crippen LogP contribution in [0.3, 0.4) is 0 Å². The zero-order valence-corrected chi connectivity index (χ0v) is 18.6. The van der Waals surface area contributed by atoms with Crippen molar-refractivity contribution in [2.75, 3.05) is 32.6 Å². The summed E-state index contributed by atoms with van der Waals surface area (Å²) in [6.45, 7) is 6.52. The van der Waals surface area contributed by atoms with Gasteiger partial charge in [-0.2, -0.15) is 0 Å². The molecule has 1 N–H and O–H groups in total. The Hall–Kier alpha value is -2.68. The maximum Gasteiger partial charge on any atom is 0.256 e. The maximum atomic E-state index is 13.1. The highest BCUT2D eigenvalue weighted by Gasteiger charge is 2.20. The van der Waals surface area contributed by atoms with Crippen LogP contribution in [-0.4, -0.2) is 53.3 Å². The molecule has 1 aromatic carbocycles.